The van der Waals surface area contributed by atoms with E-state index in [2.05, 4.69) is 65.7 Å². The van der Waals surface area contributed by atoms with E-state index in [1.165, 1.54) is 0 Å². The van der Waals surface area contributed by atoms with Gasteiger partial charge in [0.05, 0.1) is 0 Å². The Balaban J connectivity index is 4.40. The molecular formula is C14H32N2. The summed E-state index contributed by atoms with van der Waals surface area (Å²) in [6.45, 7) is 18.2. The third-order valence-corrected chi connectivity index (χ3v) is 3.63. The normalized spacial score (nSPS) is 16.9. The maximum absolute atomic E-state index is 3.61. The maximum atomic E-state index is 3.61. The highest BCUT2D eigenvalue weighted by atomic mass is 15.2. The van der Waals surface area contributed by atoms with Crippen molar-refractivity contribution in [1.29, 1.82) is 0 Å². The lowest BCUT2D eigenvalue weighted by molar-refractivity contribution is 0.144. The molecule has 0 saturated heterocycles. The van der Waals surface area contributed by atoms with Crippen LogP contribution in [0.15, 0.2) is 0 Å². The summed E-state index contributed by atoms with van der Waals surface area (Å²) < 4.78 is 0. The predicted octanol–water partition coefficient (Wildman–Crippen LogP) is 2.99. The van der Waals surface area contributed by atoms with Crippen molar-refractivity contribution in [1.82, 2.24) is 10.2 Å². The summed E-state index contributed by atoms with van der Waals surface area (Å²) in [6, 6.07) is 1.20. The van der Waals surface area contributed by atoms with Gasteiger partial charge >= 0.3 is 0 Å². The van der Waals surface area contributed by atoms with Crippen molar-refractivity contribution in [2.75, 3.05) is 20.1 Å². The molecule has 0 aromatic carbocycles. The molecule has 0 fully saturated rings. The lowest BCUT2D eigenvalue weighted by Gasteiger charge is -2.37. The quantitative estimate of drug-likeness (QED) is 0.752. The van der Waals surface area contributed by atoms with Gasteiger partial charge in [0.25, 0.3) is 0 Å². The van der Waals surface area contributed by atoms with Crippen LogP contribution in [0.3, 0.4) is 0 Å². The van der Waals surface area contributed by atoms with E-state index in [0.717, 1.165) is 13.1 Å². The van der Waals surface area contributed by atoms with Crippen LogP contribution in [0.1, 0.15) is 48.5 Å². The molecule has 16 heavy (non-hydrogen) atoms. The molecule has 0 rings (SSSR count). The van der Waals surface area contributed by atoms with E-state index >= 15 is 0 Å². The minimum atomic E-state index is 0.320. The Morgan fingerprint density at radius 1 is 1.12 bits per heavy atom. The number of nitrogens with zero attached hydrogens (tertiary/aromatic N) is 1. The summed E-state index contributed by atoms with van der Waals surface area (Å²) in [5, 5.41) is 3.61. The summed E-state index contributed by atoms with van der Waals surface area (Å²) in [5.74, 6) is 0.715. The Morgan fingerprint density at radius 3 is 1.94 bits per heavy atom. The van der Waals surface area contributed by atoms with Crippen LogP contribution < -0.4 is 5.32 Å². The van der Waals surface area contributed by atoms with Crippen LogP contribution in [0.25, 0.3) is 0 Å². The third kappa shape index (κ3) is 5.31. The Morgan fingerprint density at radius 2 is 1.62 bits per heavy atom. The highest BCUT2D eigenvalue weighted by Crippen LogP contribution is 2.21. The molecule has 0 heterocycles. The van der Waals surface area contributed by atoms with Crippen LogP contribution in [0, 0.1) is 11.3 Å². The van der Waals surface area contributed by atoms with Gasteiger partial charge in [-0.3, -0.25) is 0 Å². The summed E-state index contributed by atoms with van der Waals surface area (Å²) in [5.41, 5.74) is 0.320. The molecule has 1 N–H and O–H groups in total. The van der Waals surface area contributed by atoms with Crippen molar-refractivity contribution < 1.29 is 0 Å². The lowest BCUT2D eigenvalue weighted by atomic mass is 9.86. The summed E-state index contributed by atoms with van der Waals surface area (Å²) >= 11 is 0. The van der Waals surface area contributed by atoms with Crippen molar-refractivity contribution in [3.63, 3.8) is 0 Å². The highest BCUT2D eigenvalue weighted by molar-refractivity contribution is 4.84. The molecule has 2 heteroatoms. The molecule has 0 bridgehead atoms. The zero-order valence-electron chi connectivity index (χ0n) is 12.6. The van der Waals surface area contributed by atoms with E-state index in [4.69, 9.17) is 0 Å². The maximum Gasteiger partial charge on any atom is 0.0243 e. The van der Waals surface area contributed by atoms with Crippen molar-refractivity contribution in [3.05, 3.63) is 0 Å². The Kier molecular flexibility index (Phi) is 6.57. The molecule has 0 aromatic heterocycles. The van der Waals surface area contributed by atoms with Gasteiger partial charge in [-0.05, 0) is 31.8 Å². The third-order valence-electron chi connectivity index (χ3n) is 3.63. The molecule has 0 aliphatic heterocycles. The summed E-state index contributed by atoms with van der Waals surface area (Å²) in [4.78, 5) is 2.48. The van der Waals surface area contributed by atoms with E-state index in [0.29, 0.717) is 23.4 Å². The van der Waals surface area contributed by atoms with Gasteiger partial charge in [-0.25, -0.2) is 0 Å². The van der Waals surface area contributed by atoms with Gasteiger partial charge < -0.3 is 10.2 Å². The van der Waals surface area contributed by atoms with Crippen LogP contribution in [0.4, 0.5) is 0 Å². The first-order valence-corrected chi connectivity index (χ1v) is 6.63. The molecule has 98 valence electrons. The summed E-state index contributed by atoms with van der Waals surface area (Å²) in [6.07, 6.45) is 0. The Bertz CT molecular complexity index is 182. The fraction of sp³-hybridized carbons (Fsp3) is 1.00. The minimum absolute atomic E-state index is 0.320. The number of nitrogens with one attached hydrogen (secondary N) is 1. The number of likely N-dealkylation sites (N-methyl/N-ethyl adjacent to an activating group) is 2. The molecule has 0 aliphatic rings. The smallest absolute Gasteiger partial charge is 0.0243 e. The second-order valence-corrected chi connectivity index (χ2v) is 6.40. The summed E-state index contributed by atoms with van der Waals surface area (Å²) in [7, 11) is 2.24. The van der Waals surface area contributed by atoms with Gasteiger partial charge in [0.2, 0.25) is 0 Å². The SMILES string of the molecule is CCNC(CN(C)C(C)C(C)C)C(C)(C)C. The molecule has 0 saturated carbocycles. The Hall–Kier alpha value is -0.0800. The zero-order chi connectivity index (χ0) is 12.9. The van der Waals surface area contributed by atoms with Crippen LogP contribution in [-0.2, 0) is 0 Å². The monoisotopic (exact) mass is 228 g/mol. The van der Waals surface area contributed by atoms with Crippen molar-refractivity contribution in [2.24, 2.45) is 11.3 Å². The Labute approximate surface area is 103 Å². The van der Waals surface area contributed by atoms with Gasteiger partial charge in [-0.15, -0.1) is 0 Å². The fourth-order valence-electron chi connectivity index (χ4n) is 1.85. The highest BCUT2D eigenvalue weighted by Gasteiger charge is 2.26. The molecule has 2 atom stereocenters. The second-order valence-electron chi connectivity index (χ2n) is 6.40. The molecule has 0 radical (unpaired) electrons. The van der Waals surface area contributed by atoms with Gasteiger partial charge in [0, 0.05) is 18.6 Å². The topological polar surface area (TPSA) is 15.3 Å². The molecule has 2 unspecified atom stereocenters. The van der Waals surface area contributed by atoms with E-state index in [1.54, 1.807) is 0 Å². The number of hydrogen-bond acceptors (Lipinski definition) is 2. The molecule has 0 spiro atoms. The lowest BCUT2D eigenvalue weighted by Crippen LogP contribution is -2.50. The first-order valence-electron chi connectivity index (χ1n) is 6.63. The zero-order valence-corrected chi connectivity index (χ0v) is 12.6. The average Bonchev–Trinajstić information content (AvgIpc) is 2.14. The standard InChI is InChI=1S/C14H32N2/c1-9-15-13(14(5,6)7)10-16(8)12(4)11(2)3/h11-13,15H,9-10H2,1-8H3. The fourth-order valence-corrected chi connectivity index (χ4v) is 1.85. The number of rotatable bonds is 6. The van der Waals surface area contributed by atoms with Crippen molar-refractivity contribution in [3.8, 4) is 0 Å². The minimum Gasteiger partial charge on any atom is -0.312 e. The molecule has 0 aliphatic carbocycles. The molecular weight excluding hydrogens is 196 g/mol. The van der Waals surface area contributed by atoms with Crippen LogP contribution in [0.5, 0.6) is 0 Å². The van der Waals surface area contributed by atoms with Crippen LogP contribution >= 0.6 is 0 Å². The first-order chi connectivity index (χ1) is 7.20. The first kappa shape index (κ1) is 15.9. The number of hydrogen-bond donors (Lipinski definition) is 1. The van der Waals surface area contributed by atoms with Crippen molar-refractivity contribution in [2.45, 2.75) is 60.5 Å². The average molecular weight is 228 g/mol. The van der Waals surface area contributed by atoms with E-state index in [-0.39, 0.29) is 0 Å². The van der Waals surface area contributed by atoms with Gasteiger partial charge in [0.15, 0.2) is 0 Å². The second kappa shape index (κ2) is 6.61. The van der Waals surface area contributed by atoms with Gasteiger partial charge in [-0.1, -0.05) is 41.5 Å². The van der Waals surface area contributed by atoms with Crippen LogP contribution in [0.2, 0.25) is 0 Å². The largest absolute Gasteiger partial charge is 0.312 e. The predicted molar refractivity (Wildman–Crippen MR) is 73.8 cm³/mol. The van der Waals surface area contributed by atoms with Gasteiger partial charge in [-0.2, -0.15) is 0 Å². The van der Waals surface area contributed by atoms with E-state index in [9.17, 15) is 0 Å². The molecule has 2 nitrogen and oxygen atoms in total. The van der Waals surface area contributed by atoms with Crippen LogP contribution in [-0.4, -0.2) is 37.1 Å². The molecule has 0 amide bonds. The van der Waals surface area contributed by atoms with E-state index in [1.807, 2.05) is 0 Å². The molecule has 0 aromatic rings. The van der Waals surface area contributed by atoms with E-state index < -0.39 is 0 Å². The van der Waals surface area contributed by atoms with Crippen molar-refractivity contribution >= 4 is 0 Å². The van der Waals surface area contributed by atoms with Gasteiger partial charge in [0.1, 0.15) is 0 Å².